The van der Waals surface area contributed by atoms with Gasteiger partial charge < -0.3 is 4.74 Å². The fraction of sp³-hybridized carbons (Fsp3) is 0.900. The van der Waals surface area contributed by atoms with Crippen LogP contribution in [0, 0.1) is 11.3 Å². The number of ether oxygens (including phenoxy) is 1. The Morgan fingerprint density at radius 3 is 2.50 bits per heavy atom. The Morgan fingerprint density at radius 2 is 2.07 bits per heavy atom. The molecule has 4 heteroatoms. The summed E-state index contributed by atoms with van der Waals surface area (Å²) in [5.74, 6) is -2.55. The van der Waals surface area contributed by atoms with Gasteiger partial charge in [0, 0.05) is 6.92 Å². The fourth-order valence-electron chi connectivity index (χ4n) is 1.55. The van der Waals surface area contributed by atoms with E-state index in [0.717, 1.165) is 0 Å². The topological polar surface area (TPSA) is 26.3 Å². The number of carbonyl (C=O) groups is 1. The molecule has 0 aromatic carbocycles. The van der Waals surface area contributed by atoms with Crippen LogP contribution >= 0.6 is 15.9 Å². The maximum atomic E-state index is 13.6. The fourth-order valence-corrected chi connectivity index (χ4v) is 2.02. The van der Waals surface area contributed by atoms with E-state index in [1.54, 1.807) is 0 Å². The Morgan fingerprint density at radius 1 is 1.57 bits per heavy atom. The Kier molecular flexibility index (Phi) is 2.96. The molecule has 1 aliphatic heterocycles. The van der Waals surface area contributed by atoms with Crippen molar-refractivity contribution in [2.24, 2.45) is 11.3 Å². The number of hydrogen-bond acceptors (Lipinski definition) is 2. The Hall–Kier alpha value is -0.120. The first-order valence-electron chi connectivity index (χ1n) is 4.70. The normalized spacial score (nSPS) is 39.4. The van der Waals surface area contributed by atoms with Crippen LogP contribution in [-0.2, 0) is 9.53 Å². The first-order chi connectivity index (χ1) is 6.14. The standard InChI is InChI=1S/C10H16BrFO2/c1-9(2,3)6-5-7(11)10(4,12)14-8(6)13/h6-7H,5H2,1-4H3/t6-,7-,10-/m0/s1. The number of halogens is 2. The monoisotopic (exact) mass is 266 g/mol. The van der Waals surface area contributed by atoms with Gasteiger partial charge in [-0.2, -0.15) is 4.39 Å². The van der Waals surface area contributed by atoms with Crippen molar-refractivity contribution in [2.75, 3.05) is 0 Å². The molecule has 1 heterocycles. The highest BCUT2D eigenvalue weighted by atomic mass is 79.9. The third kappa shape index (κ3) is 2.27. The number of cyclic esters (lactones) is 1. The third-order valence-corrected chi connectivity index (χ3v) is 3.82. The lowest BCUT2D eigenvalue weighted by Gasteiger charge is -2.39. The zero-order chi connectivity index (χ0) is 11.1. The van der Waals surface area contributed by atoms with E-state index >= 15 is 0 Å². The van der Waals surface area contributed by atoms with Crippen molar-refractivity contribution in [1.82, 2.24) is 0 Å². The third-order valence-electron chi connectivity index (χ3n) is 2.63. The highest BCUT2D eigenvalue weighted by molar-refractivity contribution is 9.09. The summed E-state index contributed by atoms with van der Waals surface area (Å²) in [5.41, 5.74) is -0.181. The van der Waals surface area contributed by atoms with Crippen molar-refractivity contribution in [1.29, 1.82) is 0 Å². The van der Waals surface area contributed by atoms with Gasteiger partial charge >= 0.3 is 5.97 Å². The van der Waals surface area contributed by atoms with E-state index in [4.69, 9.17) is 4.74 Å². The van der Waals surface area contributed by atoms with E-state index in [9.17, 15) is 9.18 Å². The molecule has 0 aliphatic carbocycles. The molecular formula is C10H16BrFO2. The Labute approximate surface area is 92.3 Å². The molecule has 0 N–H and O–H groups in total. The van der Waals surface area contributed by atoms with Crippen LogP contribution in [0.3, 0.4) is 0 Å². The van der Waals surface area contributed by atoms with Gasteiger partial charge in [-0.15, -0.1) is 0 Å². The molecule has 3 atom stereocenters. The lowest BCUT2D eigenvalue weighted by molar-refractivity contribution is -0.199. The molecule has 0 saturated carbocycles. The highest BCUT2D eigenvalue weighted by Crippen LogP contribution is 2.42. The maximum Gasteiger partial charge on any atom is 0.312 e. The van der Waals surface area contributed by atoms with Gasteiger partial charge in [-0.25, -0.2) is 0 Å². The number of alkyl halides is 2. The summed E-state index contributed by atoms with van der Waals surface area (Å²) < 4.78 is 18.4. The minimum Gasteiger partial charge on any atom is -0.427 e. The van der Waals surface area contributed by atoms with Crippen LogP contribution in [0.2, 0.25) is 0 Å². The van der Waals surface area contributed by atoms with Crippen LogP contribution in [0.4, 0.5) is 4.39 Å². The summed E-state index contributed by atoms with van der Waals surface area (Å²) in [6, 6.07) is 0. The summed E-state index contributed by atoms with van der Waals surface area (Å²) in [6.07, 6.45) is 0.481. The number of carbonyl (C=O) groups excluding carboxylic acids is 1. The predicted molar refractivity (Wildman–Crippen MR) is 55.9 cm³/mol. The molecule has 1 aliphatic rings. The largest absolute Gasteiger partial charge is 0.427 e. The van der Waals surface area contributed by atoms with Crippen LogP contribution in [0.5, 0.6) is 0 Å². The van der Waals surface area contributed by atoms with E-state index in [1.807, 2.05) is 20.8 Å². The number of rotatable bonds is 0. The van der Waals surface area contributed by atoms with Gasteiger partial charge in [0.2, 0.25) is 0 Å². The van der Waals surface area contributed by atoms with E-state index in [-0.39, 0.29) is 11.3 Å². The molecule has 0 aromatic rings. The smallest absolute Gasteiger partial charge is 0.312 e. The first-order valence-corrected chi connectivity index (χ1v) is 5.62. The van der Waals surface area contributed by atoms with Gasteiger partial charge in [0.1, 0.15) is 0 Å². The van der Waals surface area contributed by atoms with Gasteiger partial charge in [-0.05, 0) is 11.8 Å². The Bertz CT molecular complexity index is 245. The summed E-state index contributed by atoms with van der Waals surface area (Å²) in [5, 5.41) is 0. The molecule has 0 bridgehead atoms. The second-order valence-corrected chi connectivity index (χ2v) is 6.13. The van der Waals surface area contributed by atoms with E-state index in [1.165, 1.54) is 6.92 Å². The summed E-state index contributed by atoms with van der Waals surface area (Å²) in [7, 11) is 0. The molecule has 0 spiro atoms. The minimum atomic E-state index is -1.88. The first kappa shape index (κ1) is 12.0. The van der Waals surface area contributed by atoms with Gasteiger partial charge in [0.15, 0.2) is 0 Å². The lowest BCUT2D eigenvalue weighted by atomic mass is 9.76. The minimum absolute atomic E-state index is 0.181. The highest BCUT2D eigenvalue weighted by Gasteiger charge is 2.48. The molecular weight excluding hydrogens is 251 g/mol. The Balaban J connectivity index is 2.83. The van der Waals surface area contributed by atoms with Gasteiger partial charge in [0.25, 0.3) is 5.85 Å². The van der Waals surface area contributed by atoms with Crippen molar-refractivity contribution in [3.8, 4) is 0 Å². The predicted octanol–water partition coefficient (Wildman–Crippen LogP) is 3.04. The van der Waals surface area contributed by atoms with Gasteiger partial charge in [-0.1, -0.05) is 36.7 Å². The van der Waals surface area contributed by atoms with Gasteiger partial charge in [0.05, 0.1) is 10.7 Å². The van der Waals surface area contributed by atoms with E-state index < -0.39 is 16.7 Å². The average molecular weight is 267 g/mol. The van der Waals surface area contributed by atoms with E-state index in [2.05, 4.69) is 15.9 Å². The lowest BCUT2D eigenvalue weighted by Crippen LogP contribution is -2.48. The van der Waals surface area contributed by atoms with Crippen LogP contribution in [0.1, 0.15) is 34.1 Å². The molecule has 82 valence electrons. The second kappa shape index (κ2) is 3.47. The van der Waals surface area contributed by atoms with Crippen LogP contribution < -0.4 is 0 Å². The van der Waals surface area contributed by atoms with Crippen LogP contribution in [0.15, 0.2) is 0 Å². The number of esters is 1. The zero-order valence-electron chi connectivity index (χ0n) is 8.93. The van der Waals surface area contributed by atoms with Crippen molar-refractivity contribution < 1.29 is 13.9 Å². The summed E-state index contributed by atoms with van der Waals surface area (Å²) >= 11 is 3.22. The summed E-state index contributed by atoms with van der Waals surface area (Å²) in [4.78, 5) is 11.1. The molecule has 14 heavy (non-hydrogen) atoms. The molecule has 0 amide bonds. The quantitative estimate of drug-likeness (QED) is 0.498. The molecule has 0 radical (unpaired) electrons. The molecule has 0 unspecified atom stereocenters. The SMILES string of the molecule is CC(C)(C)[C@H]1C[C@H](Br)[C@@](C)(F)OC1=O. The maximum absolute atomic E-state index is 13.6. The molecule has 1 rings (SSSR count). The molecule has 1 fully saturated rings. The average Bonchev–Trinajstić information content (AvgIpc) is 1.93. The molecule has 2 nitrogen and oxygen atoms in total. The van der Waals surface area contributed by atoms with Crippen LogP contribution in [-0.4, -0.2) is 16.7 Å². The number of hydrogen-bond donors (Lipinski definition) is 0. The van der Waals surface area contributed by atoms with Crippen molar-refractivity contribution in [3.05, 3.63) is 0 Å². The molecule has 0 aromatic heterocycles. The second-order valence-electron chi connectivity index (χ2n) is 5.03. The van der Waals surface area contributed by atoms with Gasteiger partial charge in [-0.3, -0.25) is 4.79 Å². The van der Waals surface area contributed by atoms with Crippen molar-refractivity contribution in [3.63, 3.8) is 0 Å². The van der Waals surface area contributed by atoms with Crippen LogP contribution in [0.25, 0.3) is 0 Å². The molecule has 1 saturated heterocycles. The van der Waals surface area contributed by atoms with Crippen molar-refractivity contribution >= 4 is 21.9 Å². The van der Waals surface area contributed by atoms with E-state index in [0.29, 0.717) is 6.42 Å². The summed E-state index contributed by atoms with van der Waals surface area (Å²) in [6.45, 7) is 7.15. The zero-order valence-corrected chi connectivity index (χ0v) is 10.5. The van der Waals surface area contributed by atoms with Crippen molar-refractivity contribution in [2.45, 2.75) is 44.8 Å².